The molecule has 0 atom stereocenters. The first-order chi connectivity index (χ1) is 9.38. The Kier molecular flexibility index (Phi) is 5.34. The summed E-state index contributed by atoms with van der Waals surface area (Å²) in [7, 11) is 0. The number of nitriles is 1. The first-order valence-electron chi connectivity index (χ1n) is 5.06. The van der Waals surface area contributed by atoms with E-state index < -0.39 is 12.0 Å². The second kappa shape index (κ2) is 6.77. The molecule has 5 nitrogen and oxygen atoms in total. The normalized spacial score (nSPS) is 10.2. The molecule has 2 heterocycles. The molecule has 0 spiro atoms. The molecule has 2 rings (SSSR count). The highest BCUT2D eigenvalue weighted by Gasteiger charge is 2.34. The van der Waals surface area contributed by atoms with Gasteiger partial charge in [0.1, 0.15) is 11.5 Å². The highest BCUT2D eigenvalue weighted by molar-refractivity contribution is 6.29. The van der Waals surface area contributed by atoms with Crippen molar-refractivity contribution in [2.75, 3.05) is 0 Å². The average molecular weight is 302 g/mol. The predicted octanol–water partition coefficient (Wildman–Crippen LogP) is 3.14. The molecule has 0 unspecified atom stereocenters. The highest BCUT2D eigenvalue weighted by Crippen LogP contribution is 2.26. The Morgan fingerprint density at radius 2 is 1.70 bits per heavy atom. The number of halogens is 4. The summed E-state index contributed by atoms with van der Waals surface area (Å²) in [6.45, 7) is 1.43. The van der Waals surface area contributed by atoms with E-state index in [1.54, 1.807) is 6.07 Å². The Morgan fingerprint density at radius 1 is 1.15 bits per heavy atom. The highest BCUT2D eigenvalue weighted by atomic mass is 35.5. The van der Waals surface area contributed by atoms with E-state index in [4.69, 9.17) is 16.9 Å². The van der Waals surface area contributed by atoms with Crippen molar-refractivity contribution in [3.05, 3.63) is 35.8 Å². The zero-order valence-corrected chi connectivity index (χ0v) is 10.8. The Morgan fingerprint density at radius 3 is 2.15 bits per heavy atom. The van der Waals surface area contributed by atoms with Crippen LogP contribution >= 0.6 is 11.6 Å². The first kappa shape index (κ1) is 15.8. The molecule has 0 aliphatic carbocycles. The lowest BCUT2D eigenvalue weighted by atomic mass is 10.2. The smallest absolute Gasteiger partial charge is 0.236 e. The molecule has 0 amide bonds. The topological polar surface area (TPSA) is 75.3 Å². The quantitative estimate of drug-likeness (QED) is 0.756. The van der Waals surface area contributed by atoms with Crippen molar-refractivity contribution in [2.24, 2.45) is 0 Å². The van der Waals surface area contributed by atoms with Gasteiger partial charge in [-0.25, -0.2) is 19.9 Å². The molecule has 104 valence electrons. The van der Waals surface area contributed by atoms with Crippen molar-refractivity contribution in [1.29, 1.82) is 5.26 Å². The van der Waals surface area contributed by atoms with Crippen molar-refractivity contribution in [1.82, 2.24) is 19.9 Å². The molecule has 0 fully saturated rings. The minimum atomic E-state index is -4.55. The lowest BCUT2D eigenvalue weighted by molar-refractivity contribution is -0.144. The largest absolute Gasteiger partial charge is 0.451 e. The van der Waals surface area contributed by atoms with E-state index in [1.807, 2.05) is 0 Å². The van der Waals surface area contributed by atoms with Crippen LogP contribution in [0.2, 0.25) is 5.15 Å². The molecule has 0 saturated carbocycles. The van der Waals surface area contributed by atoms with E-state index in [2.05, 4.69) is 19.9 Å². The van der Waals surface area contributed by atoms with Crippen molar-refractivity contribution in [3.63, 3.8) is 0 Å². The third-order valence-corrected chi connectivity index (χ3v) is 2.04. The summed E-state index contributed by atoms with van der Waals surface area (Å²) >= 11 is 5.63. The van der Waals surface area contributed by atoms with Crippen LogP contribution in [0.4, 0.5) is 13.2 Å². The van der Waals surface area contributed by atoms with Crippen LogP contribution in [0, 0.1) is 11.3 Å². The minimum Gasteiger partial charge on any atom is -0.236 e. The van der Waals surface area contributed by atoms with Gasteiger partial charge in [0.25, 0.3) is 0 Å². The number of alkyl halides is 3. The number of hydrogen-bond acceptors (Lipinski definition) is 5. The molecule has 0 aliphatic rings. The molecule has 0 bridgehead atoms. The van der Waals surface area contributed by atoms with E-state index in [9.17, 15) is 13.2 Å². The van der Waals surface area contributed by atoms with E-state index >= 15 is 0 Å². The van der Waals surface area contributed by atoms with Gasteiger partial charge in [-0.3, -0.25) is 0 Å². The van der Waals surface area contributed by atoms with E-state index in [1.165, 1.54) is 19.3 Å². The molecule has 0 radical (unpaired) electrons. The maximum absolute atomic E-state index is 12.2. The van der Waals surface area contributed by atoms with Gasteiger partial charge in [-0.1, -0.05) is 11.6 Å². The second-order valence-corrected chi connectivity index (χ2v) is 3.63. The van der Waals surface area contributed by atoms with Crippen LogP contribution in [0.3, 0.4) is 0 Å². The van der Waals surface area contributed by atoms with Gasteiger partial charge >= 0.3 is 6.18 Å². The zero-order valence-electron chi connectivity index (χ0n) is 10.1. The van der Waals surface area contributed by atoms with E-state index in [0.717, 1.165) is 12.4 Å². The number of aromatic nitrogens is 4. The van der Waals surface area contributed by atoms with Gasteiger partial charge in [0, 0.05) is 30.9 Å². The maximum Gasteiger partial charge on any atom is 0.451 e. The molecule has 0 aromatic carbocycles. The summed E-state index contributed by atoms with van der Waals surface area (Å²) in [5.41, 5.74) is 0.695. The fraction of sp³-hybridized carbons (Fsp3) is 0.182. The van der Waals surface area contributed by atoms with Gasteiger partial charge in [-0.15, -0.1) is 0 Å². The Labute approximate surface area is 117 Å². The van der Waals surface area contributed by atoms with Crippen LogP contribution in [0.5, 0.6) is 0 Å². The van der Waals surface area contributed by atoms with Crippen LogP contribution in [-0.4, -0.2) is 19.9 Å². The summed E-state index contributed by atoms with van der Waals surface area (Å²) in [4.78, 5) is 13.9. The molecule has 20 heavy (non-hydrogen) atoms. The van der Waals surface area contributed by atoms with Crippen molar-refractivity contribution < 1.29 is 13.2 Å². The van der Waals surface area contributed by atoms with Gasteiger partial charge in [-0.05, 0) is 0 Å². The summed E-state index contributed by atoms with van der Waals surface area (Å²) in [5.74, 6) is -1.19. The van der Waals surface area contributed by atoms with Gasteiger partial charge in [0.05, 0.1) is 11.8 Å². The third-order valence-electron chi connectivity index (χ3n) is 1.83. The van der Waals surface area contributed by atoms with Crippen LogP contribution in [0.15, 0.2) is 24.8 Å². The SMILES string of the molecule is CC#N.FC(F)(F)c1ncc(-c2cc(Cl)ncn2)cn1. The monoisotopic (exact) mass is 301 g/mol. The average Bonchev–Trinajstić information content (AvgIpc) is 2.39. The van der Waals surface area contributed by atoms with Crippen molar-refractivity contribution in [3.8, 4) is 17.3 Å². The van der Waals surface area contributed by atoms with Gasteiger partial charge in [-0.2, -0.15) is 18.4 Å². The summed E-state index contributed by atoms with van der Waals surface area (Å²) < 4.78 is 36.6. The van der Waals surface area contributed by atoms with E-state index in [0.29, 0.717) is 11.3 Å². The zero-order chi connectivity index (χ0) is 15.2. The van der Waals surface area contributed by atoms with E-state index in [-0.39, 0.29) is 5.15 Å². The molecule has 0 aliphatic heterocycles. The number of rotatable bonds is 1. The third kappa shape index (κ3) is 4.44. The minimum absolute atomic E-state index is 0.190. The lowest BCUT2D eigenvalue weighted by Crippen LogP contribution is -2.10. The van der Waals surface area contributed by atoms with Crippen LogP contribution < -0.4 is 0 Å². The first-order valence-corrected chi connectivity index (χ1v) is 5.44. The standard InChI is InChI=1S/C9H4ClF3N4.C2H3N/c10-7-1-6(16-4-17-7)5-2-14-8(15-3-5)9(11,12)13;1-2-3/h1-4H;1H3. The van der Waals surface area contributed by atoms with Crippen LogP contribution in [0.25, 0.3) is 11.3 Å². The molecule has 2 aromatic rings. The molecular formula is C11H7ClF3N5. The fourth-order valence-electron chi connectivity index (χ4n) is 1.10. The molecular weight excluding hydrogens is 295 g/mol. The second-order valence-electron chi connectivity index (χ2n) is 3.24. The molecule has 9 heteroatoms. The molecule has 0 N–H and O–H groups in total. The number of nitrogens with zero attached hydrogens (tertiary/aromatic N) is 5. The van der Waals surface area contributed by atoms with Crippen molar-refractivity contribution in [2.45, 2.75) is 13.1 Å². The Hall–Kier alpha value is -2.27. The summed E-state index contributed by atoms with van der Waals surface area (Å²) in [6.07, 6.45) is -1.28. The Bertz CT molecular complexity index is 607. The summed E-state index contributed by atoms with van der Waals surface area (Å²) in [5, 5.41) is 7.51. The van der Waals surface area contributed by atoms with Crippen LogP contribution in [0.1, 0.15) is 12.7 Å². The fourth-order valence-corrected chi connectivity index (χ4v) is 1.25. The van der Waals surface area contributed by atoms with Crippen molar-refractivity contribution >= 4 is 11.6 Å². The lowest BCUT2D eigenvalue weighted by Gasteiger charge is -2.05. The number of hydrogen-bond donors (Lipinski definition) is 0. The van der Waals surface area contributed by atoms with Gasteiger partial charge < -0.3 is 0 Å². The van der Waals surface area contributed by atoms with Gasteiger partial charge in [0.2, 0.25) is 5.82 Å². The predicted molar refractivity (Wildman–Crippen MR) is 64.4 cm³/mol. The molecule has 0 saturated heterocycles. The van der Waals surface area contributed by atoms with Gasteiger partial charge in [0.15, 0.2) is 0 Å². The maximum atomic E-state index is 12.2. The Balaban J connectivity index is 0.000000612. The molecule has 2 aromatic heterocycles. The summed E-state index contributed by atoms with van der Waals surface area (Å²) in [6, 6.07) is 3.16. The van der Waals surface area contributed by atoms with Crippen LogP contribution in [-0.2, 0) is 6.18 Å².